The van der Waals surface area contributed by atoms with Crippen LogP contribution in [0.5, 0.6) is 0 Å². The summed E-state index contributed by atoms with van der Waals surface area (Å²) in [7, 11) is 0. The molecule has 0 N–H and O–H groups in total. The lowest BCUT2D eigenvalue weighted by molar-refractivity contribution is 0.0548. The minimum atomic E-state index is -0.821. The number of alkyl halides is 1. The van der Waals surface area contributed by atoms with Gasteiger partial charge in [-0.25, -0.2) is 4.39 Å². The molecule has 1 aliphatic heterocycles. The molecule has 0 saturated carbocycles. The molecule has 2 heteroatoms. The van der Waals surface area contributed by atoms with E-state index in [4.69, 9.17) is 4.74 Å². The van der Waals surface area contributed by atoms with E-state index in [1.54, 1.807) is 6.26 Å². The van der Waals surface area contributed by atoms with Crippen LogP contribution >= 0.6 is 0 Å². The van der Waals surface area contributed by atoms with Gasteiger partial charge in [0.1, 0.15) is 12.3 Å². The molecule has 11 heavy (non-hydrogen) atoms. The number of hydrogen-bond donors (Lipinski definition) is 0. The molecule has 0 aromatic carbocycles. The van der Waals surface area contributed by atoms with Crippen LogP contribution in [0.2, 0.25) is 0 Å². The van der Waals surface area contributed by atoms with Gasteiger partial charge in [-0.3, -0.25) is 0 Å². The minimum Gasteiger partial charge on any atom is -0.494 e. The highest BCUT2D eigenvalue weighted by Gasteiger charge is 2.35. The van der Waals surface area contributed by atoms with Crippen LogP contribution in [0.1, 0.15) is 13.3 Å². The van der Waals surface area contributed by atoms with Crippen molar-refractivity contribution in [2.75, 3.05) is 0 Å². The SMILES string of the molecule is CC1=CCC(F)C2OC=C[C@H]12. The molecule has 0 aromatic heterocycles. The zero-order chi connectivity index (χ0) is 7.84. The summed E-state index contributed by atoms with van der Waals surface area (Å²) in [5.41, 5.74) is 1.23. The number of hydrogen-bond acceptors (Lipinski definition) is 1. The maximum Gasteiger partial charge on any atom is 0.141 e. The van der Waals surface area contributed by atoms with Crippen LogP contribution in [0.15, 0.2) is 24.0 Å². The van der Waals surface area contributed by atoms with Crippen molar-refractivity contribution in [2.24, 2.45) is 5.92 Å². The molecule has 1 nitrogen and oxygen atoms in total. The van der Waals surface area contributed by atoms with Crippen molar-refractivity contribution in [1.82, 2.24) is 0 Å². The zero-order valence-corrected chi connectivity index (χ0v) is 6.46. The molecule has 3 atom stereocenters. The second-order valence-corrected chi connectivity index (χ2v) is 3.15. The summed E-state index contributed by atoms with van der Waals surface area (Å²) in [5, 5.41) is 0. The molecule has 0 spiro atoms. The van der Waals surface area contributed by atoms with Crippen molar-refractivity contribution < 1.29 is 9.13 Å². The molecule has 0 aromatic rings. The molecule has 0 radical (unpaired) electrons. The van der Waals surface area contributed by atoms with E-state index in [-0.39, 0.29) is 12.0 Å². The maximum absolute atomic E-state index is 13.1. The molecular formula is C9H11FO. The van der Waals surface area contributed by atoms with Crippen LogP contribution in [0.25, 0.3) is 0 Å². The Morgan fingerprint density at radius 3 is 3.18 bits per heavy atom. The van der Waals surface area contributed by atoms with Crippen molar-refractivity contribution in [3.05, 3.63) is 24.0 Å². The van der Waals surface area contributed by atoms with Gasteiger partial charge in [-0.1, -0.05) is 11.6 Å². The van der Waals surface area contributed by atoms with Crippen molar-refractivity contribution in [3.63, 3.8) is 0 Å². The Hall–Kier alpha value is -0.790. The lowest BCUT2D eigenvalue weighted by atomic mass is 9.86. The average molecular weight is 154 g/mol. The fraction of sp³-hybridized carbons (Fsp3) is 0.556. The standard InChI is InChI=1S/C9H11FO/c1-6-2-3-8(10)9-7(6)4-5-11-9/h2,4-5,7-9H,3H2,1H3/t7-,8?,9?/m1/s1. The van der Waals surface area contributed by atoms with Gasteiger partial charge in [0.2, 0.25) is 0 Å². The van der Waals surface area contributed by atoms with Gasteiger partial charge in [-0.2, -0.15) is 0 Å². The molecule has 2 rings (SSSR count). The molecule has 2 unspecified atom stereocenters. The van der Waals surface area contributed by atoms with Gasteiger partial charge in [0.15, 0.2) is 0 Å². The van der Waals surface area contributed by atoms with E-state index < -0.39 is 6.17 Å². The molecule has 60 valence electrons. The third kappa shape index (κ3) is 0.971. The predicted molar refractivity (Wildman–Crippen MR) is 40.8 cm³/mol. The summed E-state index contributed by atoms with van der Waals surface area (Å²) in [6.45, 7) is 2.03. The summed E-state index contributed by atoms with van der Waals surface area (Å²) in [6.07, 6.45) is 4.96. The summed E-state index contributed by atoms with van der Waals surface area (Å²) < 4.78 is 18.2. The van der Waals surface area contributed by atoms with Crippen LogP contribution in [-0.2, 0) is 4.74 Å². The van der Waals surface area contributed by atoms with E-state index in [1.165, 1.54) is 5.57 Å². The minimum absolute atomic E-state index is 0.193. The van der Waals surface area contributed by atoms with E-state index in [9.17, 15) is 4.39 Å². The summed E-state index contributed by atoms with van der Waals surface area (Å²) >= 11 is 0. The Balaban J connectivity index is 2.25. The third-order valence-electron chi connectivity index (χ3n) is 2.42. The molecule has 0 amide bonds. The Kier molecular flexibility index (Phi) is 1.48. The smallest absolute Gasteiger partial charge is 0.141 e. The monoisotopic (exact) mass is 154 g/mol. The summed E-state index contributed by atoms with van der Waals surface area (Å²) in [4.78, 5) is 0. The lowest BCUT2D eigenvalue weighted by Crippen LogP contribution is -2.31. The normalized spacial score (nSPS) is 41.3. The van der Waals surface area contributed by atoms with E-state index in [0.717, 1.165) is 0 Å². The highest BCUT2D eigenvalue weighted by atomic mass is 19.1. The first-order valence-electron chi connectivity index (χ1n) is 3.92. The first-order valence-corrected chi connectivity index (χ1v) is 3.92. The van der Waals surface area contributed by atoms with Gasteiger partial charge in [0.25, 0.3) is 0 Å². The molecule has 0 fully saturated rings. The number of allylic oxidation sites excluding steroid dienone is 1. The number of ether oxygens (including phenoxy) is 1. The first-order chi connectivity index (χ1) is 5.29. The average Bonchev–Trinajstić information content (AvgIpc) is 2.45. The van der Waals surface area contributed by atoms with Crippen LogP contribution < -0.4 is 0 Å². The van der Waals surface area contributed by atoms with Crippen molar-refractivity contribution in [3.8, 4) is 0 Å². The Morgan fingerprint density at radius 1 is 1.64 bits per heavy atom. The number of halogens is 1. The Morgan fingerprint density at radius 2 is 2.45 bits per heavy atom. The van der Waals surface area contributed by atoms with Crippen LogP contribution in [0.4, 0.5) is 4.39 Å². The molecule has 1 aliphatic carbocycles. The van der Waals surface area contributed by atoms with Gasteiger partial charge in [-0.15, -0.1) is 0 Å². The number of rotatable bonds is 0. The van der Waals surface area contributed by atoms with E-state index in [1.807, 2.05) is 19.1 Å². The molecule has 2 aliphatic rings. The zero-order valence-electron chi connectivity index (χ0n) is 6.46. The van der Waals surface area contributed by atoms with Crippen LogP contribution in [0.3, 0.4) is 0 Å². The topological polar surface area (TPSA) is 9.23 Å². The highest BCUT2D eigenvalue weighted by Crippen LogP contribution is 2.34. The van der Waals surface area contributed by atoms with Crippen LogP contribution in [-0.4, -0.2) is 12.3 Å². The van der Waals surface area contributed by atoms with Crippen LogP contribution in [0, 0.1) is 5.92 Å². The largest absolute Gasteiger partial charge is 0.494 e. The van der Waals surface area contributed by atoms with Gasteiger partial charge in [-0.05, 0) is 13.0 Å². The quantitative estimate of drug-likeness (QED) is 0.486. The molecule has 0 bridgehead atoms. The highest BCUT2D eigenvalue weighted by molar-refractivity contribution is 5.21. The fourth-order valence-electron chi connectivity index (χ4n) is 1.70. The van der Waals surface area contributed by atoms with Gasteiger partial charge >= 0.3 is 0 Å². The van der Waals surface area contributed by atoms with E-state index in [2.05, 4.69) is 0 Å². The van der Waals surface area contributed by atoms with Crippen molar-refractivity contribution in [1.29, 1.82) is 0 Å². The summed E-state index contributed by atoms with van der Waals surface area (Å²) in [5.74, 6) is 0.193. The van der Waals surface area contributed by atoms with Gasteiger partial charge < -0.3 is 4.74 Å². The van der Waals surface area contributed by atoms with Gasteiger partial charge in [0, 0.05) is 12.3 Å². The maximum atomic E-state index is 13.1. The molecule has 1 heterocycles. The first kappa shape index (κ1) is 6.89. The second-order valence-electron chi connectivity index (χ2n) is 3.15. The molecular weight excluding hydrogens is 143 g/mol. The Bertz CT molecular complexity index is 220. The second kappa shape index (κ2) is 2.36. The summed E-state index contributed by atoms with van der Waals surface area (Å²) in [6, 6.07) is 0. The Labute approximate surface area is 65.5 Å². The van der Waals surface area contributed by atoms with Crippen molar-refractivity contribution >= 4 is 0 Å². The predicted octanol–water partition coefficient (Wildman–Crippen LogP) is 2.20. The number of fused-ring (bicyclic) bond motifs is 1. The lowest BCUT2D eigenvalue weighted by Gasteiger charge is -2.26. The van der Waals surface area contributed by atoms with Gasteiger partial charge in [0.05, 0.1) is 6.26 Å². The van der Waals surface area contributed by atoms with Crippen molar-refractivity contribution in [2.45, 2.75) is 25.6 Å². The van der Waals surface area contributed by atoms with E-state index in [0.29, 0.717) is 6.42 Å². The third-order valence-corrected chi connectivity index (χ3v) is 2.42. The fourth-order valence-corrected chi connectivity index (χ4v) is 1.70. The van der Waals surface area contributed by atoms with E-state index >= 15 is 0 Å². The molecule has 0 saturated heterocycles.